The topological polar surface area (TPSA) is 51.1 Å². The summed E-state index contributed by atoms with van der Waals surface area (Å²) < 4.78 is 29.2. The molecule has 1 N–H and O–H groups in total. The van der Waals surface area contributed by atoms with Crippen LogP contribution < -0.4 is 5.32 Å². The molecular weight excluding hydrogens is 358 g/mol. The number of fused-ring (bicyclic) bond motifs is 1. The van der Waals surface area contributed by atoms with Gasteiger partial charge in [0.1, 0.15) is 11.6 Å². The first-order valence-corrected chi connectivity index (χ1v) is 8.91. The number of hydrogen-bond donors (Lipinski definition) is 1. The second kappa shape index (κ2) is 6.57. The fourth-order valence-corrected chi connectivity index (χ4v) is 4.03. The van der Waals surface area contributed by atoms with Gasteiger partial charge in [-0.15, -0.1) is 0 Å². The van der Waals surface area contributed by atoms with E-state index in [4.69, 9.17) is 0 Å². The molecule has 2 aromatic carbocycles. The molecule has 1 unspecified atom stereocenters. The Bertz CT molecular complexity index is 1030. The van der Waals surface area contributed by atoms with E-state index >= 15 is 0 Å². The summed E-state index contributed by atoms with van der Waals surface area (Å²) in [6, 6.07) is 11.0. The Kier molecular flexibility index (Phi) is 4.24. The summed E-state index contributed by atoms with van der Waals surface area (Å²) in [5.41, 5.74) is 2.06. The third-order valence-corrected chi connectivity index (χ3v) is 5.41. The predicted molar refractivity (Wildman–Crippen MR) is 96.0 cm³/mol. The summed E-state index contributed by atoms with van der Waals surface area (Å²) >= 11 is 0.992. The van der Waals surface area contributed by atoms with Crippen LogP contribution in [0.25, 0.3) is 10.9 Å². The molecular formula is C19H14F2N2O2S. The van der Waals surface area contributed by atoms with E-state index in [2.05, 4.69) is 5.32 Å². The molecule has 26 heavy (non-hydrogen) atoms. The van der Waals surface area contributed by atoms with Crippen molar-refractivity contribution in [3.05, 3.63) is 71.4 Å². The lowest BCUT2D eigenvalue weighted by Crippen LogP contribution is -2.25. The molecule has 0 radical (unpaired) electrons. The summed E-state index contributed by atoms with van der Waals surface area (Å²) in [5.74, 6) is -1.22. The second-order valence-corrected chi connectivity index (χ2v) is 7.29. The lowest BCUT2D eigenvalue weighted by Gasteiger charge is -2.10. The van der Waals surface area contributed by atoms with Gasteiger partial charge in [-0.3, -0.25) is 14.9 Å². The van der Waals surface area contributed by atoms with E-state index in [9.17, 15) is 18.4 Å². The normalized spacial score (nSPS) is 17.1. The molecule has 0 spiro atoms. The Morgan fingerprint density at radius 3 is 2.69 bits per heavy atom. The van der Waals surface area contributed by atoms with E-state index < -0.39 is 16.9 Å². The molecule has 1 aliphatic heterocycles. The molecule has 1 saturated heterocycles. The van der Waals surface area contributed by atoms with Gasteiger partial charge in [0.2, 0.25) is 5.91 Å². The van der Waals surface area contributed by atoms with Crippen LogP contribution >= 0.6 is 11.8 Å². The minimum atomic E-state index is -0.479. The van der Waals surface area contributed by atoms with Gasteiger partial charge in [-0.1, -0.05) is 23.9 Å². The monoisotopic (exact) mass is 372 g/mol. The van der Waals surface area contributed by atoms with Crippen molar-refractivity contribution in [2.24, 2.45) is 0 Å². The zero-order chi connectivity index (χ0) is 18.3. The molecule has 1 atom stereocenters. The number of imide groups is 1. The van der Waals surface area contributed by atoms with Gasteiger partial charge < -0.3 is 4.57 Å². The molecule has 1 aromatic heterocycles. The number of carbonyl (C=O) groups excluding carboxylic acids is 2. The number of halogens is 2. The molecule has 4 nitrogen and oxygen atoms in total. The average molecular weight is 372 g/mol. The number of aromatic nitrogens is 1. The number of amides is 2. The van der Waals surface area contributed by atoms with Crippen LogP contribution in [0, 0.1) is 11.6 Å². The van der Waals surface area contributed by atoms with Gasteiger partial charge in [-0.2, -0.15) is 0 Å². The van der Waals surface area contributed by atoms with Crippen molar-refractivity contribution in [1.29, 1.82) is 0 Å². The van der Waals surface area contributed by atoms with Crippen molar-refractivity contribution in [3.8, 4) is 0 Å². The summed E-state index contributed by atoms with van der Waals surface area (Å²) in [4.78, 5) is 23.2. The molecule has 1 fully saturated rings. The van der Waals surface area contributed by atoms with Crippen molar-refractivity contribution in [2.45, 2.75) is 18.2 Å². The van der Waals surface area contributed by atoms with Crippen LogP contribution in [0.15, 0.2) is 48.7 Å². The third-order valence-electron chi connectivity index (χ3n) is 4.42. The predicted octanol–water partition coefficient (Wildman–Crippen LogP) is 3.86. The zero-order valence-electron chi connectivity index (χ0n) is 13.5. The molecule has 7 heteroatoms. The lowest BCUT2D eigenvalue weighted by atomic mass is 10.0. The van der Waals surface area contributed by atoms with Gasteiger partial charge in [0.25, 0.3) is 5.24 Å². The minimum Gasteiger partial charge on any atom is -0.343 e. The summed E-state index contributed by atoms with van der Waals surface area (Å²) in [5, 5.41) is 2.44. The number of rotatable bonds is 4. The smallest absolute Gasteiger partial charge is 0.286 e. The quantitative estimate of drug-likeness (QED) is 0.757. The number of carbonyl (C=O) groups is 2. The highest BCUT2D eigenvalue weighted by Gasteiger charge is 2.31. The number of thioether (sulfide) groups is 1. The second-order valence-electron chi connectivity index (χ2n) is 6.12. The Labute approximate surface area is 152 Å². The van der Waals surface area contributed by atoms with Crippen molar-refractivity contribution in [1.82, 2.24) is 9.88 Å². The molecule has 3 aromatic rings. The van der Waals surface area contributed by atoms with Crippen LogP contribution in [0.5, 0.6) is 0 Å². The van der Waals surface area contributed by atoms with Crippen LogP contribution in [-0.4, -0.2) is 21.0 Å². The van der Waals surface area contributed by atoms with Crippen molar-refractivity contribution < 1.29 is 18.4 Å². The molecule has 1 aliphatic rings. The van der Waals surface area contributed by atoms with E-state index in [-0.39, 0.29) is 23.3 Å². The molecule has 0 bridgehead atoms. The molecule has 2 heterocycles. The maximum Gasteiger partial charge on any atom is 0.286 e. The van der Waals surface area contributed by atoms with Gasteiger partial charge in [0.15, 0.2) is 0 Å². The maximum absolute atomic E-state index is 13.9. The Hall–Kier alpha value is -2.67. The zero-order valence-corrected chi connectivity index (χ0v) is 14.4. The Morgan fingerprint density at radius 2 is 1.92 bits per heavy atom. The highest BCUT2D eigenvalue weighted by molar-refractivity contribution is 8.15. The van der Waals surface area contributed by atoms with Gasteiger partial charge in [0, 0.05) is 22.7 Å². The van der Waals surface area contributed by atoms with Crippen LogP contribution in [0.2, 0.25) is 0 Å². The standard InChI is InChI=1S/C19H14F2N2O2S/c20-13-4-5-15(21)12(8-13)10-23-7-6-14-11(2-1-3-16(14)23)9-17-18(24)22-19(25)26-17/h1-8,17H,9-10H2,(H,22,24,25). The van der Waals surface area contributed by atoms with Crippen molar-refractivity contribution in [3.63, 3.8) is 0 Å². The Balaban J connectivity index is 1.66. The first-order chi connectivity index (χ1) is 12.5. The van der Waals surface area contributed by atoms with Gasteiger partial charge in [0.05, 0.1) is 11.8 Å². The van der Waals surface area contributed by atoms with Crippen LogP contribution in [0.3, 0.4) is 0 Å². The van der Waals surface area contributed by atoms with E-state index in [1.807, 2.05) is 35.0 Å². The first kappa shape index (κ1) is 16.8. The van der Waals surface area contributed by atoms with E-state index in [0.717, 1.165) is 40.4 Å². The van der Waals surface area contributed by atoms with Crippen LogP contribution in [0.1, 0.15) is 11.1 Å². The number of nitrogens with one attached hydrogen (secondary N) is 1. The molecule has 4 rings (SSSR count). The highest BCUT2D eigenvalue weighted by Crippen LogP contribution is 2.28. The molecule has 0 saturated carbocycles. The van der Waals surface area contributed by atoms with E-state index in [1.165, 1.54) is 6.07 Å². The number of benzene rings is 2. The van der Waals surface area contributed by atoms with Crippen molar-refractivity contribution in [2.75, 3.05) is 0 Å². The number of hydrogen-bond acceptors (Lipinski definition) is 3. The van der Waals surface area contributed by atoms with Crippen molar-refractivity contribution >= 4 is 33.8 Å². The first-order valence-electron chi connectivity index (χ1n) is 8.03. The molecule has 2 amide bonds. The third kappa shape index (κ3) is 3.10. The number of nitrogens with zero attached hydrogens (tertiary/aromatic N) is 1. The van der Waals surface area contributed by atoms with E-state index in [1.54, 1.807) is 0 Å². The molecule has 0 aliphatic carbocycles. The average Bonchev–Trinajstić information content (AvgIpc) is 3.15. The lowest BCUT2D eigenvalue weighted by molar-refractivity contribution is -0.118. The largest absolute Gasteiger partial charge is 0.343 e. The SMILES string of the molecule is O=C1NC(=O)C(Cc2cccc3c2ccn3Cc2cc(F)ccc2F)S1. The van der Waals surface area contributed by atoms with Crippen LogP contribution in [-0.2, 0) is 17.8 Å². The summed E-state index contributed by atoms with van der Waals surface area (Å²) in [6.45, 7) is 0.202. The maximum atomic E-state index is 13.9. The summed E-state index contributed by atoms with van der Waals surface area (Å²) in [7, 11) is 0. The van der Waals surface area contributed by atoms with Gasteiger partial charge >= 0.3 is 0 Å². The fraction of sp³-hybridized carbons (Fsp3) is 0.158. The van der Waals surface area contributed by atoms with Gasteiger partial charge in [-0.05, 0) is 42.3 Å². The summed E-state index contributed by atoms with van der Waals surface area (Å²) in [6.07, 6.45) is 2.24. The minimum absolute atomic E-state index is 0.202. The van der Waals surface area contributed by atoms with Gasteiger partial charge in [-0.25, -0.2) is 8.78 Å². The van der Waals surface area contributed by atoms with Crippen LogP contribution in [0.4, 0.5) is 13.6 Å². The Morgan fingerprint density at radius 1 is 1.08 bits per heavy atom. The molecule has 132 valence electrons. The van der Waals surface area contributed by atoms with E-state index in [0.29, 0.717) is 6.42 Å². The fourth-order valence-electron chi connectivity index (χ4n) is 3.18. The highest BCUT2D eigenvalue weighted by atomic mass is 32.2.